The molecule has 0 heterocycles. The van der Waals surface area contributed by atoms with Crippen LogP contribution in [0.25, 0.3) is 0 Å². The van der Waals surface area contributed by atoms with E-state index >= 15 is 0 Å². The zero-order valence-electron chi connectivity index (χ0n) is 7.63. The van der Waals surface area contributed by atoms with Crippen molar-refractivity contribution in [1.82, 2.24) is 5.32 Å². The molecule has 0 rings (SSSR count). The Labute approximate surface area is 73.7 Å². The van der Waals surface area contributed by atoms with Crippen LogP contribution in [-0.4, -0.2) is 5.91 Å². The van der Waals surface area contributed by atoms with Gasteiger partial charge in [-0.15, -0.1) is 0 Å². The van der Waals surface area contributed by atoms with Crippen molar-refractivity contribution in [3.8, 4) is 0 Å². The second-order valence-electron chi connectivity index (χ2n) is 2.34. The highest BCUT2D eigenvalue weighted by Gasteiger charge is 1.92. The number of nitrogens with one attached hydrogen (secondary N) is 1. The Kier molecular flexibility index (Phi) is 5.70. The van der Waals surface area contributed by atoms with Gasteiger partial charge in [0.05, 0.1) is 0 Å². The van der Waals surface area contributed by atoms with Gasteiger partial charge in [0, 0.05) is 12.6 Å². The molecule has 0 atom stereocenters. The molecule has 0 aliphatic carbocycles. The Morgan fingerprint density at radius 1 is 1.58 bits per heavy atom. The Balaban J connectivity index is 4.23. The maximum absolute atomic E-state index is 10.7. The van der Waals surface area contributed by atoms with Crippen LogP contribution in [0.3, 0.4) is 0 Å². The number of carbonyl (C=O) groups is 1. The van der Waals surface area contributed by atoms with Gasteiger partial charge >= 0.3 is 0 Å². The third kappa shape index (κ3) is 5.47. The third-order valence-corrected chi connectivity index (χ3v) is 1.16. The smallest absolute Gasteiger partial charge is 0.221 e. The molecule has 0 saturated heterocycles. The Hall–Kier alpha value is -1.31. The maximum Gasteiger partial charge on any atom is 0.221 e. The summed E-state index contributed by atoms with van der Waals surface area (Å²) in [7, 11) is 0. The molecule has 66 valence electrons. The molecule has 0 aromatic rings. The fourth-order valence-corrected chi connectivity index (χ4v) is 0.756. The van der Waals surface area contributed by atoms with Crippen LogP contribution in [0.5, 0.6) is 0 Å². The lowest BCUT2D eigenvalue weighted by Crippen LogP contribution is -2.17. The van der Waals surface area contributed by atoms with Gasteiger partial charge in [-0.2, -0.15) is 0 Å². The molecular weight excluding hydrogens is 150 g/mol. The predicted octanol–water partition coefficient (Wildman–Crippen LogP) is 2.16. The number of hydrogen-bond acceptors (Lipinski definition) is 1. The van der Waals surface area contributed by atoms with Gasteiger partial charge in [-0.05, 0) is 12.5 Å². The van der Waals surface area contributed by atoms with E-state index < -0.39 is 0 Å². The molecule has 2 nitrogen and oxygen atoms in total. The molecule has 0 aliphatic heterocycles. The number of hydrogen-bond donors (Lipinski definition) is 1. The number of carbonyl (C=O) groups excluding carboxylic acids is 1. The fraction of sp³-hybridized carbons (Fsp3) is 0.300. The summed E-state index contributed by atoms with van der Waals surface area (Å²) >= 11 is 0. The normalized spacial score (nSPS) is 11.7. The highest BCUT2D eigenvalue weighted by molar-refractivity contribution is 5.75. The van der Waals surface area contributed by atoms with E-state index in [4.69, 9.17) is 0 Å². The average Bonchev–Trinajstić information content (AvgIpc) is 2.00. The molecule has 0 aromatic carbocycles. The molecule has 2 heteroatoms. The second kappa shape index (κ2) is 6.40. The first-order valence-electron chi connectivity index (χ1n) is 3.97. The van der Waals surface area contributed by atoms with Gasteiger partial charge < -0.3 is 5.32 Å². The van der Waals surface area contributed by atoms with Crippen LogP contribution in [-0.2, 0) is 4.79 Å². The first-order valence-corrected chi connectivity index (χ1v) is 3.97. The van der Waals surface area contributed by atoms with Gasteiger partial charge in [-0.1, -0.05) is 31.7 Å². The van der Waals surface area contributed by atoms with E-state index in [1.807, 2.05) is 19.1 Å². The summed E-state index contributed by atoms with van der Waals surface area (Å²) in [6.45, 7) is 7.05. The predicted molar refractivity (Wildman–Crippen MR) is 51.5 cm³/mol. The molecule has 0 spiro atoms. The van der Waals surface area contributed by atoms with Crippen LogP contribution in [0.15, 0.2) is 36.6 Å². The number of rotatable bonds is 4. The van der Waals surface area contributed by atoms with E-state index in [9.17, 15) is 4.79 Å². The van der Waals surface area contributed by atoms with Crippen LogP contribution in [0, 0.1) is 0 Å². The van der Waals surface area contributed by atoms with Crippen molar-refractivity contribution in [2.24, 2.45) is 0 Å². The fourth-order valence-electron chi connectivity index (χ4n) is 0.756. The summed E-state index contributed by atoms with van der Waals surface area (Å²) < 4.78 is 0. The van der Waals surface area contributed by atoms with Crippen molar-refractivity contribution in [3.63, 3.8) is 0 Å². The van der Waals surface area contributed by atoms with Crippen molar-refractivity contribution >= 4 is 5.91 Å². The van der Waals surface area contributed by atoms with Crippen LogP contribution >= 0.6 is 0 Å². The first-order chi connectivity index (χ1) is 5.70. The minimum atomic E-state index is -0.0524. The molecule has 12 heavy (non-hydrogen) atoms. The van der Waals surface area contributed by atoms with Gasteiger partial charge in [0.1, 0.15) is 0 Å². The molecule has 0 unspecified atom stereocenters. The van der Waals surface area contributed by atoms with E-state index in [1.165, 1.54) is 6.92 Å². The highest BCUT2D eigenvalue weighted by Crippen LogP contribution is 1.94. The molecular formula is C10H15NO. The highest BCUT2D eigenvalue weighted by atomic mass is 16.1. The Morgan fingerprint density at radius 3 is 2.67 bits per heavy atom. The molecule has 1 N–H and O–H groups in total. The van der Waals surface area contributed by atoms with E-state index in [0.717, 1.165) is 12.1 Å². The maximum atomic E-state index is 10.7. The minimum Gasteiger partial charge on any atom is -0.327 e. The third-order valence-electron chi connectivity index (χ3n) is 1.16. The summed E-state index contributed by atoms with van der Waals surface area (Å²) in [5, 5.41) is 2.70. The van der Waals surface area contributed by atoms with E-state index in [0.29, 0.717) is 0 Å². The van der Waals surface area contributed by atoms with E-state index in [1.54, 1.807) is 12.2 Å². The first kappa shape index (κ1) is 10.7. The summed E-state index contributed by atoms with van der Waals surface area (Å²) in [6.07, 6.45) is 8.12. The van der Waals surface area contributed by atoms with Crippen molar-refractivity contribution in [2.45, 2.75) is 20.3 Å². The molecule has 0 bridgehead atoms. The number of amides is 1. The molecule has 1 amide bonds. The zero-order chi connectivity index (χ0) is 9.40. The second-order valence-corrected chi connectivity index (χ2v) is 2.34. The van der Waals surface area contributed by atoms with Gasteiger partial charge in [-0.3, -0.25) is 4.79 Å². The van der Waals surface area contributed by atoms with Crippen LogP contribution < -0.4 is 5.32 Å². The standard InChI is InChI=1S/C10H15NO/c1-4-6-8-10(7-5-2)11-9(3)12/h4,6-8H,1,5H2,2-3H3,(H,11,12)/b8-6-,10-7+. The summed E-state index contributed by atoms with van der Waals surface area (Å²) in [4.78, 5) is 10.7. The van der Waals surface area contributed by atoms with Gasteiger partial charge in [0.25, 0.3) is 0 Å². The Morgan fingerprint density at radius 2 is 2.25 bits per heavy atom. The lowest BCUT2D eigenvalue weighted by molar-refractivity contribution is -0.118. The van der Waals surface area contributed by atoms with Gasteiger partial charge in [0.2, 0.25) is 5.91 Å². The van der Waals surface area contributed by atoms with E-state index in [2.05, 4.69) is 11.9 Å². The molecule has 0 radical (unpaired) electrons. The van der Waals surface area contributed by atoms with Crippen molar-refractivity contribution in [2.75, 3.05) is 0 Å². The van der Waals surface area contributed by atoms with Crippen molar-refractivity contribution < 1.29 is 4.79 Å². The van der Waals surface area contributed by atoms with Crippen LogP contribution in [0.2, 0.25) is 0 Å². The minimum absolute atomic E-state index is 0.0524. The SMILES string of the molecule is C=C/C=C\C(=C/CC)NC(C)=O. The van der Waals surface area contributed by atoms with Crippen LogP contribution in [0.4, 0.5) is 0 Å². The average molecular weight is 165 g/mol. The largest absolute Gasteiger partial charge is 0.327 e. The molecule has 0 aliphatic rings. The van der Waals surface area contributed by atoms with Crippen molar-refractivity contribution in [3.05, 3.63) is 36.6 Å². The van der Waals surface area contributed by atoms with Gasteiger partial charge in [0.15, 0.2) is 0 Å². The van der Waals surface area contributed by atoms with Crippen LogP contribution in [0.1, 0.15) is 20.3 Å². The molecule has 0 aromatic heterocycles. The summed E-state index contributed by atoms with van der Waals surface area (Å²) in [5.74, 6) is -0.0524. The summed E-state index contributed by atoms with van der Waals surface area (Å²) in [6, 6.07) is 0. The Bertz CT molecular complexity index is 214. The molecule has 0 fully saturated rings. The topological polar surface area (TPSA) is 29.1 Å². The van der Waals surface area contributed by atoms with E-state index in [-0.39, 0.29) is 5.91 Å². The van der Waals surface area contributed by atoms with Gasteiger partial charge in [-0.25, -0.2) is 0 Å². The lowest BCUT2D eigenvalue weighted by Gasteiger charge is -2.00. The quantitative estimate of drug-likeness (QED) is 0.635. The number of allylic oxidation sites excluding steroid dienone is 4. The summed E-state index contributed by atoms with van der Waals surface area (Å²) in [5.41, 5.74) is 0.824. The monoisotopic (exact) mass is 165 g/mol. The zero-order valence-corrected chi connectivity index (χ0v) is 7.63. The van der Waals surface area contributed by atoms with Crippen molar-refractivity contribution in [1.29, 1.82) is 0 Å². The molecule has 0 saturated carbocycles. The lowest BCUT2D eigenvalue weighted by atomic mass is 10.3.